The van der Waals surface area contributed by atoms with E-state index in [2.05, 4.69) is 8.75 Å². The number of hydrogen-bond acceptors (Lipinski definition) is 5. The van der Waals surface area contributed by atoms with Gasteiger partial charge in [-0.1, -0.05) is 6.07 Å². The standard InChI is InChI=1S/C9H10N2O2S2/c1-6(2)15(12,13)8-5-3-4-7-9(8)11-14-10-7/h3-6H,1-2H3. The molecule has 0 atom stereocenters. The Balaban J connectivity index is 2.77. The molecule has 0 radical (unpaired) electrons. The second kappa shape index (κ2) is 3.53. The average molecular weight is 242 g/mol. The Morgan fingerprint density at radius 2 is 2.00 bits per heavy atom. The Hall–Kier alpha value is -1.01. The minimum atomic E-state index is -3.27. The molecule has 0 fully saturated rings. The summed E-state index contributed by atoms with van der Waals surface area (Å²) in [6.07, 6.45) is 0. The zero-order valence-electron chi connectivity index (χ0n) is 8.34. The first-order chi connectivity index (χ1) is 7.03. The second-order valence-electron chi connectivity index (χ2n) is 3.48. The second-order valence-corrected chi connectivity index (χ2v) is 6.48. The highest BCUT2D eigenvalue weighted by atomic mass is 32.2. The highest BCUT2D eigenvalue weighted by molar-refractivity contribution is 7.92. The highest BCUT2D eigenvalue weighted by Crippen LogP contribution is 2.24. The predicted molar refractivity (Wildman–Crippen MR) is 59.7 cm³/mol. The van der Waals surface area contributed by atoms with E-state index in [9.17, 15) is 8.42 Å². The molecule has 0 aliphatic carbocycles. The van der Waals surface area contributed by atoms with Crippen molar-refractivity contribution in [3.8, 4) is 0 Å². The quantitative estimate of drug-likeness (QED) is 0.806. The van der Waals surface area contributed by atoms with Gasteiger partial charge in [-0.25, -0.2) is 8.42 Å². The number of rotatable bonds is 2. The maximum Gasteiger partial charge on any atom is 0.182 e. The maximum atomic E-state index is 12.0. The average Bonchev–Trinajstić information content (AvgIpc) is 2.64. The van der Waals surface area contributed by atoms with E-state index in [4.69, 9.17) is 0 Å². The Morgan fingerprint density at radius 3 is 2.67 bits per heavy atom. The molecule has 1 aromatic carbocycles. The van der Waals surface area contributed by atoms with Crippen LogP contribution in [0.3, 0.4) is 0 Å². The number of sulfone groups is 1. The first-order valence-electron chi connectivity index (χ1n) is 4.48. The van der Waals surface area contributed by atoms with Crippen molar-refractivity contribution in [1.82, 2.24) is 8.75 Å². The van der Waals surface area contributed by atoms with Crippen LogP contribution in [0, 0.1) is 0 Å². The smallest absolute Gasteiger partial charge is 0.182 e. The molecule has 80 valence electrons. The lowest BCUT2D eigenvalue weighted by Gasteiger charge is -2.07. The molecule has 0 bridgehead atoms. The van der Waals surface area contributed by atoms with E-state index in [0.717, 1.165) is 11.7 Å². The molecule has 2 rings (SSSR count). The first-order valence-corrected chi connectivity index (χ1v) is 6.76. The molecule has 15 heavy (non-hydrogen) atoms. The number of nitrogens with zero attached hydrogens (tertiary/aromatic N) is 2. The lowest BCUT2D eigenvalue weighted by Crippen LogP contribution is -2.14. The summed E-state index contributed by atoms with van der Waals surface area (Å²) in [7, 11) is -3.27. The van der Waals surface area contributed by atoms with Gasteiger partial charge in [-0.2, -0.15) is 8.75 Å². The maximum absolute atomic E-state index is 12.0. The molecule has 0 aliphatic rings. The van der Waals surface area contributed by atoms with Gasteiger partial charge in [0.25, 0.3) is 0 Å². The van der Waals surface area contributed by atoms with Crippen LogP contribution in [0.4, 0.5) is 0 Å². The first kappa shape index (κ1) is 10.5. The highest BCUT2D eigenvalue weighted by Gasteiger charge is 2.22. The lowest BCUT2D eigenvalue weighted by atomic mass is 10.3. The summed E-state index contributed by atoms with van der Waals surface area (Å²) in [6.45, 7) is 3.32. The molecular formula is C9H10N2O2S2. The molecule has 0 spiro atoms. The van der Waals surface area contributed by atoms with Crippen LogP contribution in [0.25, 0.3) is 11.0 Å². The number of benzene rings is 1. The fraction of sp³-hybridized carbons (Fsp3) is 0.333. The van der Waals surface area contributed by atoms with Gasteiger partial charge in [0.2, 0.25) is 0 Å². The van der Waals surface area contributed by atoms with Crippen molar-refractivity contribution in [1.29, 1.82) is 0 Å². The normalized spacial score (nSPS) is 12.5. The summed E-state index contributed by atoms with van der Waals surface area (Å²) in [5.41, 5.74) is 1.12. The van der Waals surface area contributed by atoms with Crippen LogP contribution in [-0.4, -0.2) is 22.4 Å². The van der Waals surface area contributed by atoms with Crippen LogP contribution < -0.4 is 0 Å². The monoisotopic (exact) mass is 242 g/mol. The van der Waals surface area contributed by atoms with E-state index < -0.39 is 15.1 Å². The fourth-order valence-electron chi connectivity index (χ4n) is 1.26. The summed E-state index contributed by atoms with van der Waals surface area (Å²) in [5.74, 6) is 0. The van der Waals surface area contributed by atoms with Gasteiger partial charge in [0.05, 0.1) is 21.9 Å². The van der Waals surface area contributed by atoms with E-state index in [1.54, 1.807) is 32.0 Å². The summed E-state index contributed by atoms with van der Waals surface area (Å²) in [6, 6.07) is 5.04. The zero-order chi connectivity index (χ0) is 11.1. The van der Waals surface area contributed by atoms with Crippen LogP contribution in [0.15, 0.2) is 23.1 Å². The predicted octanol–water partition coefficient (Wildman–Crippen LogP) is 1.87. The van der Waals surface area contributed by atoms with Gasteiger partial charge in [-0.15, -0.1) is 0 Å². The van der Waals surface area contributed by atoms with E-state index in [1.165, 1.54) is 0 Å². The minimum absolute atomic E-state index is 0.281. The summed E-state index contributed by atoms with van der Waals surface area (Å²) < 4.78 is 32.0. The Morgan fingerprint density at radius 1 is 1.27 bits per heavy atom. The molecular weight excluding hydrogens is 232 g/mol. The van der Waals surface area contributed by atoms with Gasteiger partial charge in [0.1, 0.15) is 11.0 Å². The van der Waals surface area contributed by atoms with E-state index in [-0.39, 0.29) is 4.90 Å². The summed E-state index contributed by atoms with van der Waals surface area (Å²) in [4.78, 5) is 0.281. The Labute approximate surface area is 92.2 Å². The topological polar surface area (TPSA) is 59.9 Å². The zero-order valence-corrected chi connectivity index (χ0v) is 9.97. The summed E-state index contributed by atoms with van der Waals surface area (Å²) in [5, 5.41) is -0.440. The SMILES string of the molecule is CC(C)S(=O)(=O)c1cccc2nsnc12. The van der Waals surface area contributed by atoms with Crippen molar-refractivity contribution in [3.05, 3.63) is 18.2 Å². The van der Waals surface area contributed by atoms with Crippen molar-refractivity contribution in [3.63, 3.8) is 0 Å². The van der Waals surface area contributed by atoms with Crippen molar-refractivity contribution in [2.24, 2.45) is 0 Å². The largest absolute Gasteiger partial charge is 0.223 e. The Bertz CT molecular complexity index is 587. The van der Waals surface area contributed by atoms with Crippen molar-refractivity contribution in [2.75, 3.05) is 0 Å². The molecule has 1 aromatic heterocycles. The number of fused-ring (bicyclic) bond motifs is 1. The molecule has 0 saturated carbocycles. The van der Waals surface area contributed by atoms with E-state index >= 15 is 0 Å². The molecule has 0 unspecified atom stereocenters. The molecule has 1 heterocycles. The van der Waals surface area contributed by atoms with E-state index in [1.807, 2.05) is 0 Å². The van der Waals surface area contributed by atoms with Gasteiger partial charge in [0, 0.05) is 0 Å². The van der Waals surface area contributed by atoms with Crippen LogP contribution in [-0.2, 0) is 9.84 Å². The fourth-order valence-corrected chi connectivity index (χ4v) is 3.07. The third kappa shape index (κ3) is 1.63. The van der Waals surface area contributed by atoms with Gasteiger partial charge in [-0.3, -0.25) is 0 Å². The molecule has 0 amide bonds. The van der Waals surface area contributed by atoms with E-state index in [0.29, 0.717) is 11.0 Å². The molecule has 2 aromatic rings. The Kier molecular flexibility index (Phi) is 2.47. The van der Waals surface area contributed by atoms with Crippen molar-refractivity contribution in [2.45, 2.75) is 24.0 Å². The third-order valence-electron chi connectivity index (χ3n) is 2.18. The number of aromatic nitrogens is 2. The molecule has 6 heteroatoms. The van der Waals surface area contributed by atoms with Gasteiger partial charge in [0.15, 0.2) is 9.84 Å². The molecule has 0 aliphatic heterocycles. The van der Waals surface area contributed by atoms with Crippen LogP contribution >= 0.6 is 11.7 Å². The van der Waals surface area contributed by atoms with Crippen molar-refractivity contribution < 1.29 is 8.42 Å². The number of hydrogen-bond donors (Lipinski definition) is 0. The van der Waals surface area contributed by atoms with Crippen LogP contribution in [0.1, 0.15) is 13.8 Å². The summed E-state index contributed by atoms with van der Waals surface area (Å²) >= 11 is 1.03. The van der Waals surface area contributed by atoms with Gasteiger partial charge in [-0.05, 0) is 26.0 Å². The van der Waals surface area contributed by atoms with Crippen molar-refractivity contribution >= 4 is 32.6 Å². The van der Waals surface area contributed by atoms with Gasteiger partial charge < -0.3 is 0 Å². The van der Waals surface area contributed by atoms with Gasteiger partial charge >= 0.3 is 0 Å². The van der Waals surface area contributed by atoms with Crippen LogP contribution in [0.2, 0.25) is 0 Å². The lowest BCUT2D eigenvalue weighted by molar-refractivity contribution is 0.588. The molecule has 4 nitrogen and oxygen atoms in total. The molecule has 0 saturated heterocycles. The van der Waals surface area contributed by atoms with Crippen LogP contribution in [0.5, 0.6) is 0 Å². The minimum Gasteiger partial charge on any atom is -0.223 e. The molecule has 0 N–H and O–H groups in total. The third-order valence-corrected chi connectivity index (χ3v) is 4.90.